The van der Waals surface area contributed by atoms with Crippen LogP contribution in [-0.2, 0) is 6.54 Å². The molecule has 0 unspecified atom stereocenters. The van der Waals surface area contributed by atoms with Crippen LogP contribution in [0.15, 0.2) is 18.2 Å². The van der Waals surface area contributed by atoms with E-state index in [9.17, 15) is 10.1 Å². The highest BCUT2D eigenvalue weighted by Crippen LogP contribution is 2.25. The summed E-state index contributed by atoms with van der Waals surface area (Å²) in [7, 11) is 0. The molecule has 0 spiro atoms. The third-order valence-corrected chi connectivity index (χ3v) is 2.81. The van der Waals surface area contributed by atoms with Crippen molar-refractivity contribution in [3.8, 4) is 6.07 Å². The average molecular weight is 263 g/mol. The van der Waals surface area contributed by atoms with E-state index >= 15 is 0 Å². The molecule has 0 aliphatic carbocycles. The molecule has 0 aliphatic rings. The Hall–Kier alpha value is -2.17. The van der Waals surface area contributed by atoms with Crippen LogP contribution in [0, 0.1) is 21.4 Å². The zero-order valence-corrected chi connectivity index (χ0v) is 10.8. The summed E-state index contributed by atoms with van der Waals surface area (Å²) in [5, 5.41) is 19.5. The number of nitrogens with two attached hydrogens (primary N) is 1. The van der Waals surface area contributed by atoms with Crippen molar-refractivity contribution in [2.75, 3.05) is 18.5 Å². The third-order valence-electron chi connectivity index (χ3n) is 2.81. The Balaban J connectivity index is 2.87. The van der Waals surface area contributed by atoms with Crippen LogP contribution in [0.3, 0.4) is 0 Å². The number of hydrazine groups is 1. The smallest absolute Gasteiger partial charge is 0.293 e. The molecule has 1 aromatic carbocycles. The van der Waals surface area contributed by atoms with E-state index < -0.39 is 4.92 Å². The molecule has 0 atom stereocenters. The van der Waals surface area contributed by atoms with Gasteiger partial charge in [-0.15, -0.1) is 0 Å². The van der Waals surface area contributed by atoms with Gasteiger partial charge < -0.3 is 5.43 Å². The van der Waals surface area contributed by atoms with Crippen LogP contribution in [0.2, 0.25) is 0 Å². The third kappa shape index (κ3) is 4.21. The van der Waals surface area contributed by atoms with Gasteiger partial charge in [-0.2, -0.15) is 5.26 Å². The van der Waals surface area contributed by atoms with E-state index in [2.05, 4.69) is 16.4 Å². The van der Waals surface area contributed by atoms with Gasteiger partial charge in [0.1, 0.15) is 5.69 Å². The predicted octanol–water partition coefficient (Wildman–Crippen LogP) is 1.62. The Labute approximate surface area is 111 Å². The normalized spacial score (nSPS) is 10.2. The van der Waals surface area contributed by atoms with Crippen molar-refractivity contribution in [1.29, 1.82) is 5.26 Å². The van der Waals surface area contributed by atoms with Gasteiger partial charge in [0.2, 0.25) is 0 Å². The van der Waals surface area contributed by atoms with Gasteiger partial charge in [0, 0.05) is 25.6 Å². The topological polar surface area (TPSA) is 108 Å². The molecule has 0 saturated carbocycles. The fraction of sp³-hybridized carbons (Fsp3) is 0.417. The van der Waals surface area contributed by atoms with E-state index in [1.165, 1.54) is 6.07 Å². The minimum Gasteiger partial charge on any atom is -0.318 e. The molecule has 1 aromatic rings. The summed E-state index contributed by atoms with van der Waals surface area (Å²) in [6.45, 7) is 4.00. The number of anilines is 1. The summed E-state index contributed by atoms with van der Waals surface area (Å²) in [6.07, 6.45) is 0.443. The first-order valence-corrected chi connectivity index (χ1v) is 5.95. The largest absolute Gasteiger partial charge is 0.318 e. The highest BCUT2D eigenvalue weighted by Gasteiger charge is 2.14. The molecule has 0 fully saturated rings. The van der Waals surface area contributed by atoms with Crippen molar-refractivity contribution < 1.29 is 4.92 Å². The second-order valence-corrected chi connectivity index (χ2v) is 4.03. The van der Waals surface area contributed by atoms with Crippen LogP contribution in [0.4, 0.5) is 11.4 Å². The molecule has 19 heavy (non-hydrogen) atoms. The van der Waals surface area contributed by atoms with Crippen LogP contribution in [-0.4, -0.2) is 22.9 Å². The van der Waals surface area contributed by atoms with Crippen LogP contribution < -0.4 is 11.3 Å². The number of benzene rings is 1. The second kappa shape index (κ2) is 7.31. The fourth-order valence-corrected chi connectivity index (χ4v) is 1.76. The van der Waals surface area contributed by atoms with Crippen LogP contribution >= 0.6 is 0 Å². The molecule has 1 rings (SSSR count). The van der Waals surface area contributed by atoms with Crippen LogP contribution in [0.25, 0.3) is 0 Å². The summed E-state index contributed by atoms with van der Waals surface area (Å²) in [5.41, 5.74) is 3.37. The fourth-order valence-electron chi connectivity index (χ4n) is 1.76. The lowest BCUT2D eigenvalue weighted by molar-refractivity contribution is -0.384. The number of nitrogens with one attached hydrogen (secondary N) is 1. The number of nitro benzene ring substituents is 1. The van der Waals surface area contributed by atoms with Gasteiger partial charge >= 0.3 is 0 Å². The number of hydrogen-bond donors (Lipinski definition) is 2. The maximum absolute atomic E-state index is 10.9. The molecule has 0 amide bonds. The van der Waals surface area contributed by atoms with Gasteiger partial charge in [0.15, 0.2) is 0 Å². The van der Waals surface area contributed by atoms with E-state index in [0.29, 0.717) is 19.5 Å². The summed E-state index contributed by atoms with van der Waals surface area (Å²) in [6, 6.07) is 6.97. The first kappa shape index (κ1) is 14.9. The molecule has 0 aliphatic heterocycles. The summed E-state index contributed by atoms with van der Waals surface area (Å²) < 4.78 is 0. The van der Waals surface area contributed by atoms with Gasteiger partial charge in [-0.1, -0.05) is 13.0 Å². The molecule has 0 aromatic heterocycles. The monoisotopic (exact) mass is 263 g/mol. The number of nitro groups is 1. The quantitative estimate of drug-likeness (QED) is 0.439. The predicted molar refractivity (Wildman–Crippen MR) is 72.1 cm³/mol. The number of hydrogen-bond acceptors (Lipinski definition) is 6. The molecule has 7 nitrogen and oxygen atoms in total. The first-order chi connectivity index (χ1) is 9.12. The Bertz CT molecular complexity index is 483. The minimum absolute atomic E-state index is 0.0451. The lowest BCUT2D eigenvalue weighted by atomic mass is 10.1. The molecular formula is C12H17N5O2. The van der Waals surface area contributed by atoms with E-state index in [4.69, 9.17) is 11.1 Å². The summed E-state index contributed by atoms with van der Waals surface area (Å²) >= 11 is 0. The number of rotatable bonds is 7. The molecule has 0 radical (unpaired) electrons. The van der Waals surface area contributed by atoms with Crippen molar-refractivity contribution in [3.05, 3.63) is 33.9 Å². The second-order valence-electron chi connectivity index (χ2n) is 4.03. The SMILES string of the molecule is CCN(CCC#N)Cc1ccc(NN)c([N+](=O)[O-])c1. The summed E-state index contributed by atoms with van der Waals surface area (Å²) in [5.74, 6) is 5.23. The zero-order valence-electron chi connectivity index (χ0n) is 10.8. The van der Waals surface area contributed by atoms with Crippen LogP contribution in [0.1, 0.15) is 18.9 Å². The van der Waals surface area contributed by atoms with E-state index in [1.54, 1.807) is 12.1 Å². The van der Waals surface area contributed by atoms with Gasteiger partial charge in [-0.3, -0.25) is 20.9 Å². The van der Waals surface area contributed by atoms with Gasteiger partial charge in [-0.25, -0.2) is 0 Å². The van der Waals surface area contributed by atoms with Crippen molar-refractivity contribution in [2.24, 2.45) is 5.84 Å². The van der Waals surface area contributed by atoms with E-state index in [-0.39, 0.29) is 11.4 Å². The number of nitriles is 1. The maximum atomic E-state index is 10.9. The van der Waals surface area contributed by atoms with Crippen molar-refractivity contribution in [2.45, 2.75) is 19.9 Å². The zero-order chi connectivity index (χ0) is 14.3. The molecule has 0 heterocycles. The van der Waals surface area contributed by atoms with E-state index in [1.807, 2.05) is 6.92 Å². The summed E-state index contributed by atoms with van der Waals surface area (Å²) in [4.78, 5) is 12.5. The molecular weight excluding hydrogens is 246 g/mol. The average Bonchev–Trinajstić information content (AvgIpc) is 2.43. The Morgan fingerprint density at radius 1 is 1.58 bits per heavy atom. The molecule has 102 valence electrons. The molecule has 0 saturated heterocycles. The van der Waals surface area contributed by atoms with Crippen molar-refractivity contribution >= 4 is 11.4 Å². The number of nitrogens with zero attached hydrogens (tertiary/aromatic N) is 3. The van der Waals surface area contributed by atoms with Gasteiger partial charge in [-0.05, 0) is 18.2 Å². The lowest BCUT2D eigenvalue weighted by Gasteiger charge is -2.19. The van der Waals surface area contributed by atoms with E-state index in [0.717, 1.165) is 12.1 Å². The van der Waals surface area contributed by atoms with Gasteiger partial charge in [0.05, 0.1) is 11.0 Å². The van der Waals surface area contributed by atoms with Crippen molar-refractivity contribution in [3.63, 3.8) is 0 Å². The van der Waals surface area contributed by atoms with Gasteiger partial charge in [0.25, 0.3) is 5.69 Å². The first-order valence-electron chi connectivity index (χ1n) is 5.95. The Morgan fingerprint density at radius 2 is 2.32 bits per heavy atom. The molecule has 7 heteroatoms. The van der Waals surface area contributed by atoms with Crippen LogP contribution in [0.5, 0.6) is 0 Å². The maximum Gasteiger partial charge on any atom is 0.293 e. The minimum atomic E-state index is -0.468. The van der Waals surface area contributed by atoms with Crippen molar-refractivity contribution in [1.82, 2.24) is 4.90 Å². The highest BCUT2D eigenvalue weighted by atomic mass is 16.6. The molecule has 0 bridgehead atoms. The lowest BCUT2D eigenvalue weighted by Crippen LogP contribution is -2.23. The highest BCUT2D eigenvalue weighted by molar-refractivity contribution is 5.61. The standard InChI is InChI=1S/C12H17N5O2/c1-2-16(7-3-6-13)9-10-4-5-11(15-14)12(8-10)17(18)19/h4-5,8,15H,2-3,7,9,14H2,1H3. The Kier molecular flexibility index (Phi) is 5.73. The Morgan fingerprint density at radius 3 is 2.84 bits per heavy atom. The molecule has 3 N–H and O–H groups in total. The number of nitrogen functional groups attached to an aromatic ring is 1.